The Hall–Kier alpha value is -4.14. The van der Waals surface area contributed by atoms with Crippen molar-refractivity contribution in [3.63, 3.8) is 0 Å². The molecule has 0 aliphatic rings. The summed E-state index contributed by atoms with van der Waals surface area (Å²) in [6.45, 7) is 1.88. The average molecular weight is 433 g/mol. The zero-order valence-corrected chi connectivity index (χ0v) is 18.5. The number of methoxy groups -OCH3 is 4. The number of anilines is 1. The highest BCUT2D eigenvalue weighted by Crippen LogP contribution is 2.41. The van der Waals surface area contributed by atoms with Crippen molar-refractivity contribution in [3.05, 3.63) is 42.1 Å². The molecule has 32 heavy (non-hydrogen) atoms. The molecule has 0 radical (unpaired) electrons. The molecule has 0 unspecified atom stereocenters. The van der Waals surface area contributed by atoms with Crippen molar-refractivity contribution in [2.24, 2.45) is 0 Å². The average Bonchev–Trinajstić information content (AvgIpc) is 2.81. The summed E-state index contributed by atoms with van der Waals surface area (Å²) in [5.74, 6) is 2.31. The molecule has 0 spiro atoms. The molecule has 4 aromatic rings. The fourth-order valence-corrected chi connectivity index (χ4v) is 3.46. The first-order valence-corrected chi connectivity index (χ1v) is 9.75. The molecule has 2 aromatic carbocycles. The van der Waals surface area contributed by atoms with Crippen LogP contribution in [0.3, 0.4) is 0 Å². The van der Waals surface area contributed by atoms with E-state index in [0.29, 0.717) is 45.6 Å². The normalized spacial score (nSPS) is 10.8. The lowest BCUT2D eigenvalue weighted by Crippen LogP contribution is -2.02. The van der Waals surface area contributed by atoms with Gasteiger partial charge in [0, 0.05) is 11.6 Å². The van der Waals surface area contributed by atoms with Crippen LogP contribution in [-0.2, 0) is 0 Å². The highest BCUT2D eigenvalue weighted by atomic mass is 16.5. The van der Waals surface area contributed by atoms with Crippen molar-refractivity contribution in [1.29, 1.82) is 0 Å². The number of nitrogens with two attached hydrogens (primary N) is 1. The molecule has 9 heteroatoms. The first-order valence-electron chi connectivity index (χ1n) is 9.75. The second-order valence-corrected chi connectivity index (χ2v) is 6.92. The van der Waals surface area contributed by atoms with E-state index in [2.05, 4.69) is 15.0 Å². The van der Waals surface area contributed by atoms with Gasteiger partial charge in [0.1, 0.15) is 11.4 Å². The molecule has 2 N–H and O–H groups in total. The SMILES string of the molecule is COc1ccc2nc(C)c(-c3cc(-c4cc(OC)c(OC)c(OC)c4)nc(N)n3)nc2c1. The number of aromatic nitrogens is 4. The Morgan fingerprint density at radius 1 is 0.688 bits per heavy atom. The molecule has 164 valence electrons. The summed E-state index contributed by atoms with van der Waals surface area (Å²) in [4.78, 5) is 18.2. The van der Waals surface area contributed by atoms with Crippen LogP contribution in [-0.4, -0.2) is 48.4 Å². The van der Waals surface area contributed by atoms with Crippen LogP contribution in [0.5, 0.6) is 23.0 Å². The van der Waals surface area contributed by atoms with Crippen molar-refractivity contribution in [2.75, 3.05) is 34.2 Å². The summed E-state index contributed by atoms with van der Waals surface area (Å²) in [5.41, 5.74) is 10.7. The van der Waals surface area contributed by atoms with E-state index in [0.717, 1.165) is 16.8 Å². The standard InChI is InChI=1S/C23H23N5O4/c1-12-21(26-17-10-14(29-2)6-7-15(17)25-12)18-11-16(27-23(24)28-18)13-8-19(30-3)22(32-5)20(9-13)31-4/h6-11H,1-5H3,(H2,24,27,28). The first-order chi connectivity index (χ1) is 15.5. The van der Waals surface area contributed by atoms with Crippen molar-refractivity contribution in [3.8, 4) is 45.6 Å². The Bertz CT molecular complexity index is 1280. The van der Waals surface area contributed by atoms with Crippen LogP contribution < -0.4 is 24.7 Å². The van der Waals surface area contributed by atoms with Crippen molar-refractivity contribution < 1.29 is 18.9 Å². The molecule has 4 rings (SSSR count). The van der Waals surface area contributed by atoms with Gasteiger partial charge in [-0.15, -0.1) is 0 Å². The number of hydrogen-bond donors (Lipinski definition) is 1. The summed E-state index contributed by atoms with van der Waals surface area (Å²) in [5, 5.41) is 0. The minimum absolute atomic E-state index is 0.109. The number of fused-ring (bicyclic) bond motifs is 1. The fourth-order valence-electron chi connectivity index (χ4n) is 3.46. The van der Waals surface area contributed by atoms with Crippen LogP contribution in [0.25, 0.3) is 33.7 Å². The summed E-state index contributed by atoms with van der Waals surface area (Å²) in [7, 11) is 6.28. The predicted molar refractivity (Wildman–Crippen MR) is 121 cm³/mol. The number of benzene rings is 2. The lowest BCUT2D eigenvalue weighted by Gasteiger charge is -2.14. The van der Waals surface area contributed by atoms with E-state index in [1.54, 1.807) is 46.6 Å². The summed E-state index contributed by atoms with van der Waals surface area (Å²) >= 11 is 0. The third-order valence-corrected chi connectivity index (χ3v) is 4.99. The molecule has 0 bridgehead atoms. The smallest absolute Gasteiger partial charge is 0.221 e. The van der Waals surface area contributed by atoms with E-state index < -0.39 is 0 Å². The Labute approximate surface area is 185 Å². The van der Waals surface area contributed by atoms with Gasteiger partial charge < -0.3 is 24.7 Å². The molecule has 2 aromatic heterocycles. The number of rotatable bonds is 6. The van der Waals surface area contributed by atoms with Crippen LogP contribution in [0, 0.1) is 6.92 Å². The molecule has 0 saturated carbocycles. The molecule has 0 amide bonds. The maximum Gasteiger partial charge on any atom is 0.221 e. The molecule has 0 atom stereocenters. The molecule has 0 aliphatic heterocycles. The molecular formula is C23H23N5O4. The number of nitrogen functional groups attached to an aromatic ring is 1. The molecule has 9 nitrogen and oxygen atoms in total. The fraction of sp³-hybridized carbons (Fsp3) is 0.217. The molecule has 0 aliphatic carbocycles. The van der Waals surface area contributed by atoms with Gasteiger partial charge in [0.05, 0.1) is 56.6 Å². The van der Waals surface area contributed by atoms with Gasteiger partial charge in [0.15, 0.2) is 11.5 Å². The van der Waals surface area contributed by atoms with Gasteiger partial charge in [-0.1, -0.05) is 0 Å². The van der Waals surface area contributed by atoms with Gasteiger partial charge in [-0.3, -0.25) is 0 Å². The molecule has 2 heterocycles. The van der Waals surface area contributed by atoms with E-state index in [4.69, 9.17) is 29.7 Å². The summed E-state index contributed by atoms with van der Waals surface area (Å²) < 4.78 is 21.6. The summed E-state index contributed by atoms with van der Waals surface area (Å²) in [6.07, 6.45) is 0. The molecule has 0 saturated heterocycles. The largest absolute Gasteiger partial charge is 0.497 e. The Balaban J connectivity index is 1.88. The second-order valence-electron chi connectivity index (χ2n) is 6.92. The van der Waals surface area contributed by atoms with E-state index >= 15 is 0 Å². The highest BCUT2D eigenvalue weighted by molar-refractivity contribution is 5.80. The van der Waals surface area contributed by atoms with E-state index in [1.165, 1.54) is 0 Å². The van der Waals surface area contributed by atoms with E-state index in [9.17, 15) is 0 Å². The van der Waals surface area contributed by atoms with Crippen molar-refractivity contribution in [2.45, 2.75) is 6.92 Å². The van der Waals surface area contributed by atoms with E-state index in [-0.39, 0.29) is 5.95 Å². The Morgan fingerprint density at radius 3 is 2.00 bits per heavy atom. The topological polar surface area (TPSA) is 114 Å². The van der Waals surface area contributed by atoms with Gasteiger partial charge in [-0.25, -0.2) is 19.9 Å². The number of aryl methyl sites for hydroxylation is 1. The Kier molecular flexibility index (Phi) is 5.63. The Morgan fingerprint density at radius 2 is 1.38 bits per heavy atom. The second kappa shape index (κ2) is 8.54. The van der Waals surface area contributed by atoms with Gasteiger partial charge in [-0.05, 0) is 37.3 Å². The van der Waals surface area contributed by atoms with Crippen LogP contribution in [0.2, 0.25) is 0 Å². The zero-order valence-electron chi connectivity index (χ0n) is 18.5. The molecule has 0 fully saturated rings. The van der Waals surface area contributed by atoms with Gasteiger partial charge in [0.2, 0.25) is 11.7 Å². The zero-order chi connectivity index (χ0) is 22.8. The third-order valence-electron chi connectivity index (χ3n) is 4.99. The quantitative estimate of drug-likeness (QED) is 0.486. The van der Waals surface area contributed by atoms with Crippen molar-refractivity contribution in [1.82, 2.24) is 19.9 Å². The minimum Gasteiger partial charge on any atom is -0.497 e. The van der Waals surface area contributed by atoms with Gasteiger partial charge >= 0.3 is 0 Å². The van der Waals surface area contributed by atoms with Crippen LogP contribution >= 0.6 is 0 Å². The third kappa shape index (κ3) is 3.80. The van der Waals surface area contributed by atoms with Crippen molar-refractivity contribution >= 4 is 17.0 Å². The monoisotopic (exact) mass is 433 g/mol. The van der Waals surface area contributed by atoms with Gasteiger partial charge in [0.25, 0.3) is 0 Å². The maximum atomic E-state index is 6.06. The van der Waals surface area contributed by atoms with Crippen LogP contribution in [0.4, 0.5) is 5.95 Å². The van der Waals surface area contributed by atoms with E-state index in [1.807, 2.05) is 25.1 Å². The predicted octanol–water partition coefficient (Wildman–Crippen LogP) is 3.68. The minimum atomic E-state index is 0.109. The molecular weight excluding hydrogens is 410 g/mol. The highest BCUT2D eigenvalue weighted by Gasteiger charge is 2.17. The maximum absolute atomic E-state index is 6.06. The first kappa shape index (κ1) is 21.1. The number of ether oxygens (including phenoxy) is 4. The van der Waals surface area contributed by atoms with Gasteiger partial charge in [-0.2, -0.15) is 0 Å². The van der Waals surface area contributed by atoms with Crippen LogP contribution in [0.1, 0.15) is 5.69 Å². The lowest BCUT2D eigenvalue weighted by molar-refractivity contribution is 0.324. The number of hydrogen-bond acceptors (Lipinski definition) is 9. The van der Waals surface area contributed by atoms with Crippen LogP contribution in [0.15, 0.2) is 36.4 Å². The lowest BCUT2D eigenvalue weighted by atomic mass is 10.1. The summed E-state index contributed by atoms with van der Waals surface area (Å²) in [6, 6.07) is 11.0. The number of nitrogens with zero attached hydrogens (tertiary/aromatic N) is 4.